The molecule has 0 aliphatic heterocycles. The van der Waals surface area contributed by atoms with E-state index in [2.05, 4.69) is 17.4 Å². The summed E-state index contributed by atoms with van der Waals surface area (Å²) in [6.45, 7) is 2.18. The summed E-state index contributed by atoms with van der Waals surface area (Å²) in [5.41, 5.74) is 0. The van der Waals surface area contributed by atoms with Crippen LogP contribution in [0.2, 0.25) is 0 Å². The van der Waals surface area contributed by atoms with Gasteiger partial charge >= 0.3 is 0 Å². The first-order chi connectivity index (χ1) is 4.90. The lowest BCUT2D eigenvalue weighted by molar-refractivity contribution is 1.19. The van der Waals surface area contributed by atoms with Crippen LogP contribution in [-0.4, -0.2) is 4.37 Å². The average Bonchev–Trinajstić information content (AvgIpc) is 2.42. The maximum atomic E-state index is 4.09. The third-order valence-electron chi connectivity index (χ3n) is 1.45. The minimum atomic E-state index is 0. The second-order valence-electron chi connectivity index (χ2n) is 2.13. The highest BCUT2D eigenvalue weighted by Crippen LogP contribution is 2.28. The van der Waals surface area contributed by atoms with Crippen molar-refractivity contribution in [3.63, 3.8) is 0 Å². The molecule has 0 unspecified atom stereocenters. The SMILES string of the molecule is Br.CCc1cc2cnsc2s1. The van der Waals surface area contributed by atoms with Crippen molar-refractivity contribution in [3.8, 4) is 0 Å². The Labute approximate surface area is 84.0 Å². The van der Waals surface area contributed by atoms with Crippen molar-refractivity contribution in [3.05, 3.63) is 17.1 Å². The van der Waals surface area contributed by atoms with Crippen molar-refractivity contribution in [1.82, 2.24) is 4.37 Å². The number of rotatable bonds is 1. The smallest absolute Gasteiger partial charge is 0.107 e. The van der Waals surface area contributed by atoms with E-state index in [9.17, 15) is 0 Å². The van der Waals surface area contributed by atoms with E-state index in [1.165, 1.54) is 14.3 Å². The number of aryl methyl sites for hydroxylation is 1. The van der Waals surface area contributed by atoms with Gasteiger partial charge in [-0.3, -0.25) is 0 Å². The van der Waals surface area contributed by atoms with Crippen LogP contribution in [0.1, 0.15) is 11.8 Å². The molecule has 0 N–H and O–H groups in total. The van der Waals surface area contributed by atoms with Gasteiger partial charge in [-0.1, -0.05) is 6.92 Å². The minimum Gasteiger partial charge on any atom is -0.199 e. The standard InChI is InChI=1S/C7H7NS2.BrH/c1-2-6-3-5-4-8-10-7(5)9-6;/h3-4H,2H2,1H3;1H. The van der Waals surface area contributed by atoms with Crippen LogP contribution in [0.25, 0.3) is 9.40 Å². The van der Waals surface area contributed by atoms with Crippen molar-refractivity contribution in [1.29, 1.82) is 0 Å². The third-order valence-corrected chi connectivity index (χ3v) is 3.63. The second kappa shape index (κ2) is 3.65. The minimum absolute atomic E-state index is 0. The highest BCUT2D eigenvalue weighted by molar-refractivity contribution is 8.93. The quantitative estimate of drug-likeness (QED) is 0.754. The third kappa shape index (κ3) is 1.63. The Balaban J connectivity index is 0.000000605. The second-order valence-corrected chi connectivity index (χ2v) is 4.33. The van der Waals surface area contributed by atoms with Gasteiger partial charge in [0.05, 0.1) is 0 Å². The molecule has 0 aromatic carbocycles. The molecule has 0 saturated heterocycles. The summed E-state index contributed by atoms with van der Waals surface area (Å²) in [5.74, 6) is 0. The van der Waals surface area contributed by atoms with Crippen LogP contribution in [-0.2, 0) is 6.42 Å². The van der Waals surface area contributed by atoms with E-state index < -0.39 is 0 Å². The van der Waals surface area contributed by atoms with Gasteiger partial charge in [-0.25, -0.2) is 0 Å². The van der Waals surface area contributed by atoms with E-state index >= 15 is 0 Å². The van der Waals surface area contributed by atoms with Crippen LogP contribution < -0.4 is 0 Å². The Kier molecular flexibility index (Phi) is 3.04. The molecule has 0 radical (unpaired) electrons. The molecule has 11 heavy (non-hydrogen) atoms. The molecule has 0 aliphatic carbocycles. The molecule has 2 rings (SSSR count). The van der Waals surface area contributed by atoms with Crippen molar-refractivity contribution in [2.45, 2.75) is 13.3 Å². The molecule has 0 saturated carbocycles. The maximum Gasteiger partial charge on any atom is 0.107 e. The van der Waals surface area contributed by atoms with Crippen LogP contribution in [0.3, 0.4) is 0 Å². The van der Waals surface area contributed by atoms with Gasteiger partial charge in [-0.2, -0.15) is 4.37 Å². The monoisotopic (exact) mass is 249 g/mol. The van der Waals surface area contributed by atoms with E-state index in [4.69, 9.17) is 0 Å². The molecule has 0 fully saturated rings. The molecule has 2 aromatic rings. The van der Waals surface area contributed by atoms with E-state index in [1.807, 2.05) is 17.5 Å². The van der Waals surface area contributed by atoms with Gasteiger partial charge in [0.1, 0.15) is 4.01 Å². The zero-order valence-electron chi connectivity index (χ0n) is 6.03. The predicted molar refractivity (Wildman–Crippen MR) is 57.2 cm³/mol. The van der Waals surface area contributed by atoms with Crippen molar-refractivity contribution < 1.29 is 0 Å². The molecular formula is C7H8BrNS2. The fraction of sp³-hybridized carbons (Fsp3) is 0.286. The van der Waals surface area contributed by atoms with Crippen molar-refractivity contribution in [2.75, 3.05) is 0 Å². The Morgan fingerprint density at radius 2 is 2.36 bits per heavy atom. The molecule has 1 nitrogen and oxygen atoms in total. The number of fused-ring (bicyclic) bond motifs is 1. The van der Waals surface area contributed by atoms with Gasteiger partial charge in [0, 0.05) is 16.5 Å². The largest absolute Gasteiger partial charge is 0.199 e. The molecule has 4 heteroatoms. The van der Waals surface area contributed by atoms with Gasteiger partial charge < -0.3 is 0 Å². The molecule has 0 spiro atoms. The number of aromatic nitrogens is 1. The summed E-state index contributed by atoms with van der Waals surface area (Å²) in [6, 6.07) is 2.23. The molecule has 0 aliphatic rings. The molecule has 2 aromatic heterocycles. The molecule has 60 valence electrons. The molecule has 0 amide bonds. The van der Waals surface area contributed by atoms with Gasteiger partial charge in [-0.05, 0) is 24.0 Å². The number of hydrogen-bond donors (Lipinski definition) is 0. The van der Waals surface area contributed by atoms with Crippen molar-refractivity contribution >= 4 is 49.3 Å². The van der Waals surface area contributed by atoms with Gasteiger partial charge in [0.15, 0.2) is 0 Å². The fourth-order valence-corrected chi connectivity index (χ4v) is 2.78. The summed E-state index contributed by atoms with van der Waals surface area (Å²) in [6.07, 6.45) is 3.09. The molecule has 2 heterocycles. The Bertz CT molecular complexity index is 310. The highest BCUT2D eigenvalue weighted by Gasteiger charge is 2.00. The first kappa shape index (κ1) is 9.16. The normalized spacial score (nSPS) is 9.91. The van der Waals surface area contributed by atoms with Crippen LogP contribution in [0, 0.1) is 0 Å². The number of nitrogens with zero attached hydrogens (tertiary/aromatic N) is 1. The lowest BCUT2D eigenvalue weighted by Gasteiger charge is -1.80. The van der Waals surface area contributed by atoms with Crippen molar-refractivity contribution in [2.24, 2.45) is 0 Å². The van der Waals surface area contributed by atoms with Gasteiger partial charge in [-0.15, -0.1) is 28.3 Å². The Hall–Kier alpha value is 0.0700. The lowest BCUT2D eigenvalue weighted by Crippen LogP contribution is -1.64. The average molecular weight is 250 g/mol. The number of hydrogen-bond acceptors (Lipinski definition) is 3. The molecular weight excluding hydrogens is 242 g/mol. The Morgan fingerprint density at radius 1 is 1.55 bits per heavy atom. The lowest BCUT2D eigenvalue weighted by atomic mass is 10.3. The van der Waals surface area contributed by atoms with E-state index in [0.717, 1.165) is 6.42 Å². The molecule has 0 atom stereocenters. The highest BCUT2D eigenvalue weighted by atomic mass is 79.9. The zero-order chi connectivity index (χ0) is 6.97. The first-order valence-electron chi connectivity index (χ1n) is 3.23. The summed E-state index contributed by atoms with van der Waals surface area (Å²) in [5, 5.41) is 1.31. The summed E-state index contributed by atoms with van der Waals surface area (Å²) < 4.78 is 5.45. The fourth-order valence-electron chi connectivity index (χ4n) is 0.906. The van der Waals surface area contributed by atoms with Crippen LogP contribution in [0.4, 0.5) is 0 Å². The van der Waals surface area contributed by atoms with E-state index in [1.54, 1.807) is 11.5 Å². The van der Waals surface area contributed by atoms with E-state index in [-0.39, 0.29) is 17.0 Å². The predicted octanol–water partition coefficient (Wildman–Crippen LogP) is 3.50. The number of halogens is 1. The Morgan fingerprint density at radius 3 is 3.00 bits per heavy atom. The van der Waals surface area contributed by atoms with Gasteiger partial charge in [0.25, 0.3) is 0 Å². The van der Waals surface area contributed by atoms with Crippen LogP contribution in [0.15, 0.2) is 12.3 Å². The zero-order valence-corrected chi connectivity index (χ0v) is 9.38. The van der Waals surface area contributed by atoms with Crippen LogP contribution in [0.5, 0.6) is 0 Å². The summed E-state index contributed by atoms with van der Waals surface area (Å²) in [7, 11) is 0. The molecule has 0 bridgehead atoms. The topological polar surface area (TPSA) is 12.9 Å². The van der Waals surface area contributed by atoms with E-state index in [0.29, 0.717) is 0 Å². The first-order valence-corrected chi connectivity index (χ1v) is 4.82. The van der Waals surface area contributed by atoms with Crippen LogP contribution >= 0.6 is 39.9 Å². The summed E-state index contributed by atoms with van der Waals surface area (Å²) in [4.78, 5) is 1.46. The summed E-state index contributed by atoms with van der Waals surface area (Å²) >= 11 is 3.45. The van der Waals surface area contributed by atoms with Gasteiger partial charge in [0.2, 0.25) is 0 Å². The maximum absolute atomic E-state index is 4.09. The number of thiophene rings is 1.